The maximum Gasteiger partial charge on any atom is 0.264 e. The molecule has 0 saturated heterocycles. The molecule has 1 atom stereocenters. The average molecular weight is 602 g/mol. The highest BCUT2D eigenvalue weighted by Crippen LogP contribution is 2.28. The summed E-state index contributed by atoms with van der Waals surface area (Å²) >= 11 is 0. The van der Waals surface area contributed by atoms with E-state index < -0.39 is 40.2 Å². The molecule has 0 aliphatic heterocycles. The summed E-state index contributed by atoms with van der Waals surface area (Å²) in [7, 11) is -2.69. The molecule has 43 heavy (non-hydrogen) atoms. The highest BCUT2D eigenvalue weighted by molar-refractivity contribution is 7.92. The molecule has 0 bridgehead atoms. The first-order chi connectivity index (χ1) is 20.6. The van der Waals surface area contributed by atoms with Gasteiger partial charge in [0, 0.05) is 20.0 Å². The van der Waals surface area contributed by atoms with Crippen LogP contribution in [-0.2, 0) is 39.0 Å². The fourth-order valence-electron chi connectivity index (χ4n) is 4.91. The lowest BCUT2D eigenvalue weighted by molar-refractivity contribution is -0.139. The molecule has 0 spiro atoms. The Hall–Kier alpha value is -4.50. The summed E-state index contributed by atoms with van der Waals surface area (Å²) in [5, 5.41) is 2.66. The minimum absolute atomic E-state index is 0.0299. The highest BCUT2D eigenvalue weighted by Gasteiger charge is 2.34. The zero-order valence-corrected chi connectivity index (χ0v) is 25.4. The number of hydrogen-bond donors (Lipinski definition) is 1. The second-order valence-electron chi connectivity index (χ2n) is 10.3. The number of hydrogen-bond acceptors (Lipinski definition) is 4. The number of anilines is 1. The van der Waals surface area contributed by atoms with Crippen LogP contribution in [-0.4, -0.2) is 44.8 Å². The van der Waals surface area contributed by atoms with Gasteiger partial charge in [0.15, 0.2) is 0 Å². The van der Waals surface area contributed by atoms with Gasteiger partial charge in [-0.15, -0.1) is 0 Å². The Morgan fingerprint density at radius 2 is 1.47 bits per heavy atom. The molecule has 0 radical (unpaired) electrons. The minimum Gasteiger partial charge on any atom is -0.357 e. The van der Waals surface area contributed by atoms with Crippen LogP contribution in [0.25, 0.3) is 0 Å². The molecule has 9 heteroatoms. The van der Waals surface area contributed by atoms with Crippen molar-refractivity contribution in [1.82, 2.24) is 10.2 Å². The predicted molar refractivity (Wildman–Crippen MR) is 166 cm³/mol. The van der Waals surface area contributed by atoms with E-state index in [0.29, 0.717) is 17.7 Å². The van der Waals surface area contributed by atoms with Crippen molar-refractivity contribution < 1.29 is 22.4 Å². The van der Waals surface area contributed by atoms with Crippen LogP contribution in [0.15, 0.2) is 108 Å². The van der Waals surface area contributed by atoms with E-state index in [2.05, 4.69) is 5.32 Å². The van der Waals surface area contributed by atoms with Crippen molar-refractivity contribution >= 4 is 27.5 Å². The number of halogens is 1. The molecule has 0 unspecified atom stereocenters. The van der Waals surface area contributed by atoms with Crippen LogP contribution in [0.4, 0.5) is 10.1 Å². The van der Waals surface area contributed by atoms with E-state index in [4.69, 9.17) is 0 Å². The third-order valence-corrected chi connectivity index (χ3v) is 9.09. The molecule has 0 aromatic heterocycles. The van der Waals surface area contributed by atoms with Crippen molar-refractivity contribution in [2.45, 2.75) is 44.2 Å². The number of likely N-dealkylation sites (N-methyl/N-ethyl adjacent to an activating group) is 1. The number of carbonyl (C=O) groups excluding carboxylic acids is 2. The van der Waals surface area contributed by atoms with E-state index in [1.807, 2.05) is 56.3 Å². The van der Waals surface area contributed by atoms with Crippen LogP contribution in [0.1, 0.15) is 29.2 Å². The fraction of sp³-hybridized carbons (Fsp3) is 0.235. The third kappa shape index (κ3) is 7.67. The molecular weight excluding hydrogens is 565 g/mol. The number of rotatable bonds is 12. The Labute approximate surface area is 253 Å². The number of nitrogens with zero attached hydrogens (tertiary/aromatic N) is 2. The summed E-state index contributed by atoms with van der Waals surface area (Å²) in [6.45, 7) is 3.21. The van der Waals surface area contributed by atoms with Gasteiger partial charge in [0.25, 0.3) is 10.0 Å². The Bertz CT molecular complexity index is 1640. The molecule has 0 saturated carbocycles. The van der Waals surface area contributed by atoms with Crippen molar-refractivity contribution in [3.8, 4) is 0 Å². The molecule has 2 amide bonds. The Morgan fingerprint density at radius 1 is 0.837 bits per heavy atom. The van der Waals surface area contributed by atoms with Gasteiger partial charge < -0.3 is 10.2 Å². The largest absolute Gasteiger partial charge is 0.357 e. The van der Waals surface area contributed by atoms with Gasteiger partial charge in [-0.3, -0.25) is 13.9 Å². The lowest BCUT2D eigenvalue weighted by Crippen LogP contribution is -2.53. The normalized spacial score (nSPS) is 11.9. The third-order valence-electron chi connectivity index (χ3n) is 7.31. The fourth-order valence-corrected chi connectivity index (χ4v) is 6.36. The SMILES string of the molecule is CCc1ccccc1N(CC(=O)N(Cc1ccc(F)cc1)[C@H](Cc1ccccc1)C(=O)NC)S(=O)(=O)c1ccc(C)cc1. The van der Waals surface area contributed by atoms with Gasteiger partial charge >= 0.3 is 0 Å². The number of aryl methyl sites for hydroxylation is 2. The van der Waals surface area contributed by atoms with E-state index in [1.165, 1.54) is 36.2 Å². The Morgan fingerprint density at radius 3 is 2.09 bits per heavy atom. The van der Waals surface area contributed by atoms with Crippen molar-refractivity contribution in [3.05, 3.63) is 131 Å². The number of carbonyl (C=O) groups is 2. The van der Waals surface area contributed by atoms with Gasteiger partial charge in [-0.05, 0) is 60.4 Å². The molecule has 4 rings (SSSR count). The molecule has 0 aliphatic carbocycles. The van der Waals surface area contributed by atoms with Gasteiger partial charge in [0.1, 0.15) is 18.4 Å². The topological polar surface area (TPSA) is 86.8 Å². The Balaban J connectivity index is 1.81. The zero-order chi connectivity index (χ0) is 31.0. The van der Waals surface area contributed by atoms with Crippen molar-refractivity contribution in [2.24, 2.45) is 0 Å². The number of benzene rings is 4. The molecule has 0 aliphatic rings. The van der Waals surface area contributed by atoms with Gasteiger partial charge in [0.2, 0.25) is 11.8 Å². The minimum atomic E-state index is -4.19. The zero-order valence-electron chi connectivity index (χ0n) is 24.5. The van der Waals surface area contributed by atoms with Crippen LogP contribution in [0.2, 0.25) is 0 Å². The van der Waals surface area contributed by atoms with Crippen molar-refractivity contribution in [2.75, 3.05) is 17.9 Å². The smallest absolute Gasteiger partial charge is 0.264 e. The molecule has 4 aromatic carbocycles. The molecule has 1 N–H and O–H groups in total. The summed E-state index contributed by atoms with van der Waals surface area (Å²) in [5.41, 5.74) is 3.46. The Kier molecular flexibility index (Phi) is 10.3. The first-order valence-electron chi connectivity index (χ1n) is 14.1. The maximum absolute atomic E-state index is 14.3. The number of nitrogens with one attached hydrogen (secondary N) is 1. The van der Waals surface area contributed by atoms with Gasteiger partial charge in [0.05, 0.1) is 10.6 Å². The predicted octanol–water partition coefficient (Wildman–Crippen LogP) is 5.28. The summed E-state index contributed by atoms with van der Waals surface area (Å²) in [6.07, 6.45) is 0.738. The summed E-state index contributed by atoms with van der Waals surface area (Å²) in [6, 6.07) is 27.5. The quantitative estimate of drug-likeness (QED) is 0.240. The number of amides is 2. The second-order valence-corrected chi connectivity index (χ2v) is 12.1. The number of para-hydroxylation sites is 1. The second kappa shape index (κ2) is 14.1. The lowest BCUT2D eigenvalue weighted by Gasteiger charge is -2.34. The molecule has 0 heterocycles. The van der Waals surface area contributed by atoms with Crippen LogP contribution >= 0.6 is 0 Å². The first-order valence-corrected chi connectivity index (χ1v) is 15.5. The standard InChI is InChI=1S/C34H36FN3O4S/c1-4-28-12-8-9-13-31(28)38(43(41,42)30-20-14-25(2)15-21-30)24-33(39)37(23-27-16-18-29(35)19-17-27)32(34(40)36-3)22-26-10-6-5-7-11-26/h5-21,32H,4,22-24H2,1-3H3,(H,36,40)/t32-/m1/s1. The monoisotopic (exact) mass is 601 g/mol. The number of sulfonamides is 1. The summed E-state index contributed by atoms with van der Waals surface area (Å²) < 4.78 is 43.2. The molecule has 7 nitrogen and oxygen atoms in total. The lowest BCUT2D eigenvalue weighted by atomic mass is 10.0. The van der Waals surface area contributed by atoms with Crippen molar-refractivity contribution in [1.29, 1.82) is 0 Å². The van der Waals surface area contributed by atoms with E-state index in [1.54, 1.807) is 36.4 Å². The van der Waals surface area contributed by atoms with E-state index in [0.717, 1.165) is 21.0 Å². The summed E-state index contributed by atoms with van der Waals surface area (Å²) in [5.74, 6) is -1.41. The first kappa shape index (κ1) is 31.4. The van der Waals surface area contributed by atoms with Crippen molar-refractivity contribution in [3.63, 3.8) is 0 Å². The van der Waals surface area contributed by atoms with Crippen LogP contribution in [0.3, 0.4) is 0 Å². The van der Waals surface area contributed by atoms with Crippen LogP contribution in [0, 0.1) is 12.7 Å². The maximum atomic E-state index is 14.3. The molecule has 224 valence electrons. The van der Waals surface area contributed by atoms with Gasteiger partial charge in [-0.1, -0.05) is 85.3 Å². The van der Waals surface area contributed by atoms with Crippen LogP contribution < -0.4 is 9.62 Å². The van der Waals surface area contributed by atoms with Gasteiger partial charge in [-0.25, -0.2) is 12.8 Å². The van der Waals surface area contributed by atoms with Crippen LogP contribution in [0.5, 0.6) is 0 Å². The van der Waals surface area contributed by atoms with E-state index in [9.17, 15) is 22.4 Å². The summed E-state index contributed by atoms with van der Waals surface area (Å²) in [4.78, 5) is 29.1. The van der Waals surface area contributed by atoms with E-state index >= 15 is 0 Å². The van der Waals surface area contributed by atoms with Gasteiger partial charge in [-0.2, -0.15) is 0 Å². The highest BCUT2D eigenvalue weighted by atomic mass is 32.2. The molecule has 4 aromatic rings. The molecular formula is C34H36FN3O4S. The average Bonchev–Trinajstić information content (AvgIpc) is 3.02. The van der Waals surface area contributed by atoms with E-state index in [-0.39, 0.29) is 17.9 Å². The molecule has 0 fully saturated rings.